The van der Waals surface area contributed by atoms with Crippen molar-refractivity contribution < 1.29 is 18.9 Å². The number of rotatable bonds is 1. The molecular formula is C4H5Li. The fourth-order valence-electron chi connectivity index (χ4n) is 0. The Morgan fingerprint density at radius 2 is 1.80 bits per heavy atom. The van der Waals surface area contributed by atoms with Gasteiger partial charge in [0, 0.05) is 0 Å². The number of allylic oxidation sites excluding steroid dienone is 2. The summed E-state index contributed by atoms with van der Waals surface area (Å²) in [5.74, 6) is 0. The normalized spacial score (nSPS) is 4.00. The zero-order valence-corrected chi connectivity index (χ0v) is 3.44. The summed E-state index contributed by atoms with van der Waals surface area (Å²) in [5.41, 5.74) is 0. The minimum atomic E-state index is 0. The van der Waals surface area contributed by atoms with Crippen molar-refractivity contribution >= 4 is 0 Å². The Morgan fingerprint density at radius 1 is 1.60 bits per heavy atom. The molecule has 0 aliphatic rings. The Kier molecular flexibility index (Phi) is 16.0. The second-order valence-corrected chi connectivity index (χ2v) is 0.428. The Labute approximate surface area is 44.8 Å². The third-order valence-electron chi connectivity index (χ3n) is 0.136. The molecule has 0 aromatic carbocycles. The van der Waals surface area contributed by atoms with Crippen molar-refractivity contribution in [2.75, 3.05) is 0 Å². The molecule has 0 aliphatic heterocycles. The van der Waals surface area contributed by atoms with Gasteiger partial charge in [-0.2, -0.15) is 6.58 Å². The minimum absolute atomic E-state index is 0. The van der Waals surface area contributed by atoms with E-state index in [2.05, 4.69) is 6.58 Å². The molecule has 0 bridgehead atoms. The summed E-state index contributed by atoms with van der Waals surface area (Å²) >= 11 is 0. The Morgan fingerprint density at radius 3 is 1.80 bits per heavy atom. The maximum atomic E-state index is 4.78. The van der Waals surface area contributed by atoms with Gasteiger partial charge in [-0.05, 0) is 0 Å². The van der Waals surface area contributed by atoms with Crippen LogP contribution in [0, 0.1) is 6.58 Å². The summed E-state index contributed by atoms with van der Waals surface area (Å²) in [6.07, 6.45) is 2.92. The van der Waals surface area contributed by atoms with Crippen LogP contribution >= 0.6 is 0 Å². The van der Waals surface area contributed by atoms with E-state index in [1.165, 1.54) is 12.2 Å². The van der Waals surface area contributed by atoms with Gasteiger partial charge in [0.1, 0.15) is 0 Å². The maximum absolute atomic E-state index is 4.78. The van der Waals surface area contributed by atoms with Crippen LogP contribution in [0.1, 0.15) is 0 Å². The van der Waals surface area contributed by atoms with E-state index < -0.39 is 0 Å². The molecule has 22 valence electrons. The molecular weight excluding hydrogens is 55.0 g/mol. The average molecular weight is 60.0 g/mol. The molecule has 0 N–H and O–H groups in total. The van der Waals surface area contributed by atoms with Gasteiger partial charge in [-0.25, -0.2) is 12.2 Å². The Hall–Kier alpha value is 0.0774. The van der Waals surface area contributed by atoms with E-state index in [1.807, 2.05) is 0 Å². The number of hydrogen-bond donors (Lipinski definition) is 0. The van der Waals surface area contributed by atoms with E-state index in [9.17, 15) is 0 Å². The molecule has 0 saturated carbocycles. The van der Waals surface area contributed by atoms with Gasteiger partial charge in [0.25, 0.3) is 0 Å². The van der Waals surface area contributed by atoms with Crippen molar-refractivity contribution in [2.24, 2.45) is 0 Å². The van der Waals surface area contributed by atoms with Crippen LogP contribution in [-0.2, 0) is 0 Å². The molecule has 0 aromatic heterocycles. The molecule has 0 rings (SSSR count). The monoisotopic (exact) mass is 60.1 g/mol. The second-order valence-electron chi connectivity index (χ2n) is 0.428. The molecule has 1 heteroatoms. The summed E-state index contributed by atoms with van der Waals surface area (Å²) in [7, 11) is 0. The summed E-state index contributed by atoms with van der Waals surface area (Å²) < 4.78 is 0. The fraction of sp³-hybridized carbons (Fsp3) is 0. The van der Waals surface area contributed by atoms with Gasteiger partial charge in [-0.3, -0.25) is 6.58 Å². The molecule has 0 unspecified atom stereocenters. The Bertz CT molecular complexity index is 24.6. The molecule has 0 spiro atoms. The topological polar surface area (TPSA) is 0 Å². The average Bonchev–Trinajstić information content (AvgIpc) is 1.37. The van der Waals surface area contributed by atoms with Crippen LogP contribution < -0.4 is 18.9 Å². The first-order valence-corrected chi connectivity index (χ1v) is 1.07. The minimum Gasteiger partial charge on any atom is -0.293 e. The SMILES string of the molecule is [CH-]=CC=C.[Li+]. The summed E-state index contributed by atoms with van der Waals surface area (Å²) in [5, 5.41) is 0. The van der Waals surface area contributed by atoms with E-state index in [0.29, 0.717) is 0 Å². The first kappa shape index (κ1) is 8.91. The quantitative estimate of drug-likeness (QED) is 0.189. The van der Waals surface area contributed by atoms with E-state index in [0.717, 1.165) is 0 Å². The van der Waals surface area contributed by atoms with Gasteiger partial charge in [-0.15, -0.1) is 0 Å². The van der Waals surface area contributed by atoms with Crippen LogP contribution in [-0.4, -0.2) is 0 Å². The van der Waals surface area contributed by atoms with Crippen molar-refractivity contribution in [3.05, 3.63) is 25.3 Å². The van der Waals surface area contributed by atoms with E-state index >= 15 is 0 Å². The van der Waals surface area contributed by atoms with Crippen LogP contribution in [0.3, 0.4) is 0 Å². The van der Waals surface area contributed by atoms with Crippen molar-refractivity contribution in [1.29, 1.82) is 0 Å². The molecule has 0 nitrogen and oxygen atoms in total. The predicted molar refractivity (Wildman–Crippen MR) is 19.1 cm³/mol. The zero-order valence-electron chi connectivity index (χ0n) is 3.44. The molecule has 5 heavy (non-hydrogen) atoms. The molecule has 0 saturated heterocycles. The zero-order chi connectivity index (χ0) is 3.41. The molecule has 0 amide bonds. The van der Waals surface area contributed by atoms with Crippen LogP contribution in [0.5, 0.6) is 0 Å². The van der Waals surface area contributed by atoms with Gasteiger partial charge in [0.05, 0.1) is 0 Å². The summed E-state index contributed by atoms with van der Waals surface area (Å²) in [6, 6.07) is 0. The van der Waals surface area contributed by atoms with Crippen molar-refractivity contribution in [2.45, 2.75) is 0 Å². The Balaban J connectivity index is 0. The van der Waals surface area contributed by atoms with Crippen molar-refractivity contribution in [3.8, 4) is 0 Å². The van der Waals surface area contributed by atoms with Gasteiger partial charge in [0.2, 0.25) is 0 Å². The maximum Gasteiger partial charge on any atom is 1.00 e. The van der Waals surface area contributed by atoms with Crippen molar-refractivity contribution in [1.82, 2.24) is 0 Å². The number of hydrogen-bond acceptors (Lipinski definition) is 0. The van der Waals surface area contributed by atoms with E-state index in [4.69, 9.17) is 6.58 Å². The third kappa shape index (κ3) is 15.2. The predicted octanol–water partition coefficient (Wildman–Crippen LogP) is -1.83. The molecule has 0 fully saturated rings. The smallest absolute Gasteiger partial charge is 0.293 e. The van der Waals surface area contributed by atoms with Gasteiger partial charge in [0.15, 0.2) is 0 Å². The first-order valence-electron chi connectivity index (χ1n) is 1.07. The molecule has 0 aromatic rings. The third-order valence-corrected chi connectivity index (χ3v) is 0.136. The molecule has 0 radical (unpaired) electrons. The van der Waals surface area contributed by atoms with Gasteiger partial charge >= 0.3 is 18.9 Å². The van der Waals surface area contributed by atoms with Gasteiger partial charge < -0.3 is 0 Å². The summed E-state index contributed by atoms with van der Waals surface area (Å²) in [4.78, 5) is 0. The van der Waals surface area contributed by atoms with Gasteiger partial charge in [-0.1, -0.05) is 0 Å². The fourth-order valence-corrected chi connectivity index (χ4v) is 0. The second kappa shape index (κ2) is 8.95. The van der Waals surface area contributed by atoms with Crippen LogP contribution in [0.15, 0.2) is 18.7 Å². The van der Waals surface area contributed by atoms with Crippen molar-refractivity contribution in [3.63, 3.8) is 0 Å². The van der Waals surface area contributed by atoms with E-state index in [-0.39, 0.29) is 18.9 Å². The van der Waals surface area contributed by atoms with E-state index in [1.54, 1.807) is 0 Å². The molecule has 0 atom stereocenters. The largest absolute Gasteiger partial charge is 1.00 e. The van der Waals surface area contributed by atoms with Crippen LogP contribution in [0.25, 0.3) is 0 Å². The molecule has 0 heterocycles. The standard InChI is InChI=1S/C4H5.Li/c1-3-4-2;/h1,3-4H,2H2;/q-1;+1. The first-order chi connectivity index (χ1) is 1.91. The molecule has 0 aliphatic carbocycles. The van der Waals surface area contributed by atoms with Crippen LogP contribution in [0.2, 0.25) is 0 Å². The van der Waals surface area contributed by atoms with Crippen LogP contribution in [0.4, 0.5) is 0 Å². The summed E-state index contributed by atoms with van der Waals surface area (Å²) in [6.45, 7) is 8.08.